The first kappa shape index (κ1) is 26.9. The third kappa shape index (κ3) is 4.91. The van der Waals surface area contributed by atoms with E-state index in [-0.39, 0.29) is 11.2 Å². The average Bonchev–Trinajstić information content (AvgIpc) is 3.48. The van der Waals surface area contributed by atoms with Crippen LogP contribution < -0.4 is 19.8 Å². The minimum Gasteiger partial charge on any atom is -0.493 e. The molecule has 1 atom stereocenters. The zero-order chi connectivity index (χ0) is 27.8. The molecule has 1 amide bonds. The molecular weight excluding hydrogens is 514 g/mol. The van der Waals surface area contributed by atoms with Crippen LogP contribution in [0, 0.1) is 19.8 Å². The Balaban J connectivity index is 1.68. The maximum atomic E-state index is 14.0. The molecular formula is C30H33N3O5S. The number of ether oxygens (including phenoxy) is 2. The first-order valence-electron chi connectivity index (χ1n) is 13.3. The maximum absolute atomic E-state index is 14.0. The molecule has 1 aliphatic heterocycles. The van der Waals surface area contributed by atoms with Gasteiger partial charge in [0.1, 0.15) is 10.6 Å². The number of benzene rings is 2. The minimum absolute atomic E-state index is 0.0317. The number of hydrogen-bond donors (Lipinski definition) is 0. The molecule has 0 bridgehead atoms. The summed E-state index contributed by atoms with van der Waals surface area (Å²) < 4.78 is 17.8. The first-order valence-corrected chi connectivity index (χ1v) is 14.1. The van der Waals surface area contributed by atoms with Gasteiger partial charge in [-0.05, 0) is 73.6 Å². The van der Waals surface area contributed by atoms with E-state index in [0.717, 1.165) is 35.4 Å². The lowest BCUT2D eigenvalue weighted by Gasteiger charge is -2.23. The average molecular weight is 548 g/mol. The number of amides is 1. The van der Waals surface area contributed by atoms with Gasteiger partial charge in [-0.25, -0.2) is 0 Å². The topological polar surface area (TPSA) is 94.8 Å². The molecule has 9 heteroatoms. The van der Waals surface area contributed by atoms with Gasteiger partial charge in [0.25, 0.3) is 5.91 Å². The number of fused-ring (bicyclic) bond motifs is 2. The van der Waals surface area contributed by atoms with Gasteiger partial charge in [0.2, 0.25) is 10.9 Å². The van der Waals surface area contributed by atoms with E-state index in [4.69, 9.17) is 13.9 Å². The number of rotatable bonds is 9. The highest BCUT2D eigenvalue weighted by Crippen LogP contribution is 2.44. The van der Waals surface area contributed by atoms with Crippen LogP contribution in [0.4, 0.5) is 5.13 Å². The van der Waals surface area contributed by atoms with Crippen molar-refractivity contribution in [1.29, 1.82) is 0 Å². The van der Waals surface area contributed by atoms with Crippen molar-refractivity contribution in [1.82, 2.24) is 10.2 Å². The smallest absolute Gasteiger partial charge is 0.297 e. The molecule has 0 saturated carbocycles. The summed E-state index contributed by atoms with van der Waals surface area (Å²) in [7, 11) is 1.58. The van der Waals surface area contributed by atoms with Crippen LogP contribution in [-0.2, 0) is 6.42 Å². The molecule has 0 aliphatic carbocycles. The molecule has 0 spiro atoms. The number of aryl methyl sites for hydroxylation is 3. The highest BCUT2D eigenvalue weighted by Gasteiger charge is 2.45. The van der Waals surface area contributed by atoms with Crippen molar-refractivity contribution in [3.8, 4) is 11.5 Å². The van der Waals surface area contributed by atoms with Gasteiger partial charge >= 0.3 is 0 Å². The summed E-state index contributed by atoms with van der Waals surface area (Å²) in [5.41, 5.74) is 3.10. The zero-order valence-electron chi connectivity index (χ0n) is 23.2. The predicted molar refractivity (Wildman–Crippen MR) is 152 cm³/mol. The molecule has 1 aliphatic rings. The highest BCUT2D eigenvalue weighted by atomic mass is 32.1. The Hall–Kier alpha value is -3.72. The highest BCUT2D eigenvalue weighted by molar-refractivity contribution is 7.15. The second-order valence-electron chi connectivity index (χ2n) is 10.4. The Kier molecular flexibility index (Phi) is 7.44. The maximum Gasteiger partial charge on any atom is 0.297 e. The molecule has 0 radical (unpaired) electrons. The number of aromatic nitrogens is 2. The second-order valence-corrected chi connectivity index (χ2v) is 11.4. The van der Waals surface area contributed by atoms with E-state index in [1.165, 1.54) is 16.2 Å². The number of carbonyl (C=O) groups is 1. The normalized spacial score (nSPS) is 14.9. The van der Waals surface area contributed by atoms with E-state index in [1.807, 2.05) is 44.2 Å². The fourth-order valence-corrected chi connectivity index (χ4v) is 5.74. The van der Waals surface area contributed by atoms with Gasteiger partial charge in [0.05, 0.1) is 30.7 Å². The lowest BCUT2D eigenvalue weighted by atomic mass is 9.97. The molecule has 0 fully saturated rings. The van der Waals surface area contributed by atoms with E-state index in [0.29, 0.717) is 51.3 Å². The largest absolute Gasteiger partial charge is 0.493 e. The van der Waals surface area contributed by atoms with E-state index in [2.05, 4.69) is 31.0 Å². The fraction of sp³-hybridized carbons (Fsp3) is 0.400. The van der Waals surface area contributed by atoms with Gasteiger partial charge in [-0.1, -0.05) is 38.2 Å². The van der Waals surface area contributed by atoms with Crippen LogP contribution >= 0.6 is 11.3 Å². The molecule has 8 nitrogen and oxygen atoms in total. The molecule has 3 heterocycles. The Morgan fingerprint density at radius 1 is 1.08 bits per heavy atom. The molecule has 2 aromatic carbocycles. The SMILES string of the molecule is CCCc1nnc(N2C(=O)c3oc4cc(C)c(C)cc4c(=O)c3C2c2ccc(OCCC(C)C)c(OC)c2)s1. The van der Waals surface area contributed by atoms with Crippen LogP contribution in [0.15, 0.2) is 39.5 Å². The van der Waals surface area contributed by atoms with E-state index >= 15 is 0 Å². The Morgan fingerprint density at radius 2 is 1.85 bits per heavy atom. The van der Waals surface area contributed by atoms with Crippen molar-refractivity contribution >= 4 is 33.3 Å². The molecule has 2 aromatic heterocycles. The number of carbonyl (C=O) groups excluding carboxylic acids is 1. The molecule has 0 N–H and O–H groups in total. The quantitative estimate of drug-likeness (QED) is 0.239. The Bertz CT molecular complexity index is 1610. The lowest BCUT2D eigenvalue weighted by Crippen LogP contribution is -2.29. The Morgan fingerprint density at radius 3 is 2.56 bits per heavy atom. The van der Waals surface area contributed by atoms with E-state index in [9.17, 15) is 9.59 Å². The third-order valence-electron chi connectivity index (χ3n) is 7.07. The zero-order valence-corrected chi connectivity index (χ0v) is 24.0. The van der Waals surface area contributed by atoms with Crippen molar-refractivity contribution in [2.45, 2.75) is 59.9 Å². The lowest BCUT2D eigenvalue weighted by molar-refractivity contribution is 0.0970. The molecule has 1 unspecified atom stereocenters. The number of methoxy groups -OCH3 is 1. The van der Waals surface area contributed by atoms with Gasteiger partial charge in [-0.3, -0.25) is 14.5 Å². The number of anilines is 1. The molecule has 204 valence electrons. The predicted octanol–water partition coefficient (Wildman–Crippen LogP) is 6.40. The minimum atomic E-state index is -0.754. The van der Waals surface area contributed by atoms with Gasteiger partial charge in [0.15, 0.2) is 16.9 Å². The number of nitrogens with zero attached hydrogens (tertiary/aromatic N) is 3. The summed E-state index contributed by atoms with van der Waals surface area (Å²) in [6.45, 7) is 10.8. The molecule has 39 heavy (non-hydrogen) atoms. The summed E-state index contributed by atoms with van der Waals surface area (Å²) in [6.07, 6.45) is 2.58. The first-order chi connectivity index (χ1) is 18.7. The van der Waals surface area contributed by atoms with Crippen molar-refractivity contribution in [2.24, 2.45) is 5.92 Å². The van der Waals surface area contributed by atoms with Crippen molar-refractivity contribution in [2.75, 3.05) is 18.6 Å². The van der Waals surface area contributed by atoms with Crippen molar-refractivity contribution in [3.05, 3.63) is 73.6 Å². The number of hydrogen-bond acceptors (Lipinski definition) is 8. The standard InChI is InChI=1S/C30H33N3O5S/c1-7-8-24-31-32-30(39-24)33-26(19-9-10-21(23(15-19)36-6)37-12-11-16(2)3)25-27(34)20-13-17(4)18(5)14-22(20)38-28(25)29(33)35/h9-10,13-16,26H,7-8,11-12H2,1-6H3. The van der Waals surface area contributed by atoms with Crippen LogP contribution in [0.25, 0.3) is 11.0 Å². The van der Waals surface area contributed by atoms with Crippen molar-refractivity contribution < 1.29 is 18.7 Å². The van der Waals surface area contributed by atoms with Gasteiger partial charge in [0, 0.05) is 6.42 Å². The van der Waals surface area contributed by atoms with Crippen LogP contribution in [0.2, 0.25) is 0 Å². The molecule has 5 rings (SSSR count). The van der Waals surface area contributed by atoms with Crippen LogP contribution in [0.5, 0.6) is 11.5 Å². The monoisotopic (exact) mass is 547 g/mol. The Labute approximate surface area is 231 Å². The van der Waals surface area contributed by atoms with Crippen LogP contribution in [0.1, 0.15) is 77.5 Å². The summed E-state index contributed by atoms with van der Waals surface area (Å²) in [6, 6.07) is 8.41. The summed E-state index contributed by atoms with van der Waals surface area (Å²) in [5, 5.41) is 10.3. The third-order valence-corrected chi connectivity index (χ3v) is 8.05. The summed E-state index contributed by atoms with van der Waals surface area (Å²) in [5.74, 6) is 1.26. The van der Waals surface area contributed by atoms with Gasteiger partial charge in [-0.2, -0.15) is 0 Å². The second kappa shape index (κ2) is 10.8. The van der Waals surface area contributed by atoms with Gasteiger partial charge in [-0.15, -0.1) is 10.2 Å². The summed E-state index contributed by atoms with van der Waals surface area (Å²) >= 11 is 1.35. The van der Waals surface area contributed by atoms with Crippen molar-refractivity contribution in [3.63, 3.8) is 0 Å². The summed E-state index contributed by atoms with van der Waals surface area (Å²) in [4.78, 5) is 29.4. The fourth-order valence-electron chi connectivity index (χ4n) is 4.78. The molecule has 0 saturated heterocycles. The molecule has 4 aromatic rings. The van der Waals surface area contributed by atoms with E-state index in [1.54, 1.807) is 7.11 Å². The van der Waals surface area contributed by atoms with Crippen LogP contribution in [-0.4, -0.2) is 29.8 Å². The van der Waals surface area contributed by atoms with Crippen LogP contribution in [0.3, 0.4) is 0 Å². The van der Waals surface area contributed by atoms with Gasteiger partial charge < -0.3 is 13.9 Å². The van der Waals surface area contributed by atoms with E-state index < -0.39 is 11.9 Å².